The average molecular weight is 278 g/mol. The summed E-state index contributed by atoms with van der Waals surface area (Å²) in [6.45, 7) is -0.150. The quantitative estimate of drug-likeness (QED) is 0.899. The van der Waals surface area contributed by atoms with Gasteiger partial charge in [-0.15, -0.1) is 0 Å². The third-order valence-electron chi connectivity index (χ3n) is 2.27. The molecule has 0 aliphatic heterocycles. The highest BCUT2D eigenvalue weighted by Gasteiger charge is 2.06. The van der Waals surface area contributed by atoms with Crippen LogP contribution in [-0.2, 0) is 4.79 Å². The van der Waals surface area contributed by atoms with Crippen LogP contribution in [0.4, 0.5) is 11.5 Å². The molecule has 0 saturated carbocycles. The molecule has 1 aromatic heterocycles. The fourth-order valence-electron chi connectivity index (χ4n) is 1.43. The number of nitrogen functional groups attached to an aromatic ring is 1. The van der Waals surface area contributed by atoms with Crippen LogP contribution in [0, 0.1) is 0 Å². The van der Waals surface area contributed by atoms with E-state index >= 15 is 0 Å². The first-order valence-electron chi connectivity index (χ1n) is 5.54. The number of anilines is 2. The summed E-state index contributed by atoms with van der Waals surface area (Å²) >= 11 is 5.81. The minimum atomic E-state index is -0.300. The second-order valence-corrected chi connectivity index (χ2v) is 4.17. The first-order chi connectivity index (χ1) is 9.15. The van der Waals surface area contributed by atoms with Crippen LogP contribution in [0.15, 0.2) is 42.6 Å². The van der Waals surface area contributed by atoms with E-state index in [0.717, 1.165) is 0 Å². The Morgan fingerprint density at radius 1 is 1.37 bits per heavy atom. The summed E-state index contributed by atoms with van der Waals surface area (Å²) in [7, 11) is 0. The third-order valence-corrected chi connectivity index (χ3v) is 2.50. The van der Waals surface area contributed by atoms with Gasteiger partial charge in [-0.2, -0.15) is 0 Å². The van der Waals surface area contributed by atoms with Gasteiger partial charge in [0.25, 0.3) is 5.91 Å². The van der Waals surface area contributed by atoms with Crippen LogP contribution in [0.25, 0.3) is 0 Å². The second kappa shape index (κ2) is 6.06. The molecule has 0 aliphatic carbocycles. The molecule has 0 unspecified atom stereocenters. The summed E-state index contributed by atoms with van der Waals surface area (Å²) in [5.74, 6) is 0.326. The fourth-order valence-corrected chi connectivity index (χ4v) is 1.62. The van der Waals surface area contributed by atoms with Crippen molar-refractivity contribution in [3.05, 3.63) is 47.6 Å². The molecule has 98 valence electrons. The highest BCUT2D eigenvalue weighted by Crippen LogP contribution is 2.17. The van der Waals surface area contributed by atoms with E-state index in [1.165, 1.54) is 0 Å². The molecule has 1 aromatic carbocycles. The third kappa shape index (κ3) is 3.86. The molecule has 2 aromatic rings. The molecule has 1 amide bonds. The van der Waals surface area contributed by atoms with Crippen LogP contribution < -0.4 is 15.8 Å². The molecule has 2 rings (SSSR count). The van der Waals surface area contributed by atoms with Crippen molar-refractivity contribution in [3.8, 4) is 5.75 Å². The first-order valence-corrected chi connectivity index (χ1v) is 5.91. The van der Waals surface area contributed by atoms with E-state index in [1.54, 1.807) is 42.6 Å². The van der Waals surface area contributed by atoms with Gasteiger partial charge in [-0.25, -0.2) is 4.98 Å². The molecule has 1 heterocycles. The highest BCUT2D eigenvalue weighted by atomic mass is 35.5. The van der Waals surface area contributed by atoms with Gasteiger partial charge >= 0.3 is 0 Å². The Balaban J connectivity index is 1.90. The smallest absolute Gasteiger partial charge is 0.262 e. The van der Waals surface area contributed by atoms with Gasteiger partial charge in [-0.05, 0) is 30.3 Å². The number of nitrogens with zero attached hydrogens (tertiary/aromatic N) is 1. The molecule has 19 heavy (non-hydrogen) atoms. The number of pyridine rings is 1. The van der Waals surface area contributed by atoms with Crippen molar-refractivity contribution in [2.45, 2.75) is 0 Å². The van der Waals surface area contributed by atoms with Crippen molar-refractivity contribution < 1.29 is 9.53 Å². The molecule has 0 fully saturated rings. The van der Waals surface area contributed by atoms with Crippen LogP contribution in [0.2, 0.25) is 5.02 Å². The maximum absolute atomic E-state index is 11.7. The predicted octanol–water partition coefficient (Wildman–Crippen LogP) is 2.33. The minimum Gasteiger partial charge on any atom is -0.480 e. The summed E-state index contributed by atoms with van der Waals surface area (Å²) < 4.78 is 5.27. The van der Waals surface area contributed by atoms with Crippen LogP contribution >= 0.6 is 11.6 Å². The van der Waals surface area contributed by atoms with Crippen molar-refractivity contribution in [1.29, 1.82) is 0 Å². The van der Waals surface area contributed by atoms with Crippen LogP contribution in [0.1, 0.15) is 0 Å². The van der Waals surface area contributed by atoms with E-state index in [-0.39, 0.29) is 18.3 Å². The van der Waals surface area contributed by atoms with Gasteiger partial charge in [0.15, 0.2) is 18.2 Å². The van der Waals surface area contributed by atoms with Crippen LogP contribution in [0.5, 0.6) is 5.75 Å². The highest BCUT2D eigenvalue weighted by molar-refractivity contribution is 6.30. The molecular weight excluding hydrogens is 266 g/mol. The van der Waals surface area contributed by atoms with E-state index in [0.29, 0.717) is 16.5 Å². The summed E-state index contributed by atoms with van der Waals surface area (Å²) in [6.07, 6.45) is 1.55. The van der Waals surface area contributed by atoms with Gasteiger partial charge in [-0.3, -0.25) is 4.79 Å². The number of benzene rings is 1. The maximum atomic E-state index is 11.7. The lowest BCUT2D eigenvalue weighted by molar-refractivity contribution is -0.118. The number of ether oxygens (including phenoxy) is 1. The van der Waals surface area contributed by atoms with Gasteiger partial charge in [0.05, 0.1) is 0 Å². The van der Waals surface area contributed by atoms with E-state index < -0.39 is 0 Å². The number of nitrogens with two attached hydrogens (primary N) is 1. The molecule has 0 aliphatic rings. The SMILES string of the molecule is Nc1ncccc1OCC(=O)Nc1cccc(Cl)c1. The Labute approximate surface area is 115 Å². The monoisotopic (exact) mass is 277 g/mol. The Hall–Kier alpha value is -2.27. The van der Waals surface area contributed by atoms with Crippen molar-refractivity contribution in [1.82, 2.24) is 4.98 Å². The zero-order valence-electron chi connectivity index (χ0n) is 9.97. The Kier molecular flexibility index (Phi) is 4.20. The van der Waals surface area contributed by atoms with Gasteiger partial charge in [0.1, 0.15) is 0 Å². The lowest BCUT2D eigenvalue weighted by Crippen LogP contribution is -2.20. The minimum absolute atomic E-state index is 0.150. The van der Waals surface area contributed by atoms with Crippen LogP contribution in [0.3, 0.4) is 0 Å². The second-order valence-electron chi connectivity index (χ2n) is 3.73. The number of carbonyl (C=O) groups is 1. The maximum Gasteiger partial charge on any atom is 0.262 e. The van der Waals surface area contributed by atoms with Crippen molar-refractivity contribution in [2.24, 2.45) is 0 Å². The molecule has 0 bridgehead atoms. The number of halogens is 1. The molecule has 0 radical (unpaired) electrons. The first kappa shape index (κ1) is 13.2. The molecule has 3 N–H and O–H groups in total. The van der Waals surface area contributed by atoms with Crippen molar-refractivity contribution in [2.75, 3.05) is 17.7 Å². The molecule has 5 nitrogen and oxygen atoms in total. The van der Waals surface area contributed by atoms with Gasteiger partial charge < -0.3 is 15.8 Å². The number of carbonyl (C=O) groups excluding carboxylic acids is 1. The predicted molar refractivity (Wildman–Crippen MR) is 74.2 cm³/mol. The molecular formula is C13H12ClN3O2. The standard InChI is InChI=1S/C13H12ClN3O2/c14-9-3-1-4-10(7-9)17-12(18)8-19-11-5-2-6-16-13(11)15/h1-7H,8H2,(H2,15,16)(H,17,18). The lowest BCUT2D eigenvalue weighted by Gasteiger charge is -2.08. The number of amides is 1. The van der Waals surface area contributed by atoms with Gasteiger partial charge in [0, 0.05) is 16.9 Å². The summed E-state index contributed by atoms with van der Waals surface area (Å²) in [6, 6.07) is 10.2. The Bertz CT molecular complexity index is 590. The zero-order valence-corrected chi connectivity index (χ0v) is 10.7. The summed E-state index contributed by atoms with van der Waals surface area (Å²) in [4.78, 5) is 15.5. The van der Waals surface area contributed by atoms with Gasteiger partial charge in [-0.1, -0.05) is 17.7 Å². The van der Waals surface area contributed by atoms with Gasteiger partial charge in [0.2, 0.25) is 0 Å². The molecule has 0 saturated heterocycles. The average Bonchev–Trinajstić information content (AvgIpc) is 2.38. The Morgan fingerprint density at radius 3 is 2.95 bits per heavy atom. The molecule has 6 heteroatoms. The Morgan fingerprint density at radius 2 is 2.21 bits per heavy atom. The topological polar surface area (TPSA) is 77.2 Å². The summed E-state index contributed by atoms with van der Waals surface area (Å²) in [5.41, 5.74) is 6.21. The number of hydrogen-bond donors (Lipinski definition) is 2. The number of hydrogen-bond acceptors (Lipinski definition) is 4. The number of aromatic nitrogens is 1. The van der Waals surface area contributed by atoms with E-state index in [4.69, 9.17) is 22.1 Å². The number of nitrogens with one attached hydrogen (secondary N) is 1. The van der Waals surface area contributed by atoms with E-state index in [1.807, 2.05) is 0 Å². The van der Waals surface area contributed by atoms with Crippen molar-refractivity contribution in [3.63, 3.8) is 0 Å². The largest absolute Gasteiger partial charge is 0.480 e. The normalized spacial score (nSPS) is 9.95. The van der Waals surface area contributed by atoms with E-state index in [9.17, 15) is 4.79 Å². The molecule has 0 spiro atoms. The lowest BCUT2D eigenvalue weighted by atomic mass is 10.3. The van der Waals surface area contributed by atoms with Crippen molar-refractivity contribution >= 4 is 29.0 Å². The molecule has 0 atom stereocenters. The van der Waals surface area contributed by atoms with E-state index in [2.05, 4.69) is 10.3 Å². The zero-order chi connectivity index (χ0) is 13.7. The fraction of sp³-hybridized carbons (Fsp3) is 0.0769. The summed E-state index contributed by atoms with van der Waals surface area (Å²) in [5, 5.41) is 3.21. The van der Waals surface area contributed by atoms with Crippen LogP contribution in [-0.4, -0.2) is 17.5 Å². The number of rotatable bonds is 4.